The summed E-state index contributed by atoms with van der Waals surface area (Å²) in [6.45, 7) is 9.44. The Hall–Kier alpha value is -0.870. The van der Waals surface area contributed by atoms with E-state index in [0.717, 1.165) is 22.4 Å². The predicted octanol–water partition coefficient (Wildman–Crippen LogP) is 5.12. The summed E-state index contributed by atoms with van der Waals surface area (Å²) < 4.78 is 1.09. The van der Waals surface area contributed by atoms with Gasteiger partial charge in [-0.15, -0.1) is 11.3 Å². The summed E-state index contributed by atoms with van der Waals surface area (Å²) in [5.41, 5.74) is 3.60. The van der Waals surface area contributed by atoms with E-state index in [-0.39, 0.29) is 5.41 Å². The zero-order valence-electron chi connectivity index (χ0n) is 11.7. The number of anilines is 1. The van der Waals surface area contributed by atoms with E-state index in [4.69, 9.17) is 0 Å². The van der Waals surface area contributed by atoms with Crippen LogP contribution in [-0.2, 0) is 12.0 Å². The quantitative estimate of drug-likeness (QED) is 0.839. The molecule has 0 aliphatic carbocycles. The summed E-state index contributed by atoms with van der Waals surface area (Å²) in [4.78, 5) is 4.69. The first kappa shape index (κ1) is 14.5. The van der Waals surface area contributed by atoms with Crippen molar-refractivity contribution in [1.29, 1.82) is 0 Å². The van der Waals surface area contributed by atoms with E-state index in [1.54, 1.807) is 11.3 Å². The van der Waals surface area contributed by atoms with E-state index in [1.165, 1.54) is 10.6 Å². The van der Waals surface area contributed by atoms with Gasteiger partial charge in [0, 0.05) is 21.0 Å². The Labute approximate surface area is 127 Å². The van der Waals surface area contributed by atoms with Crippen molar-refractivity contribution >= 4 is 33.0 Å². The van der Waals surface area contributed by atoms with Crippen LogP contribution in [0.15, 0.2) is 28.1 Å². The van der Waals surface area contributed by atoms with Gasteiger partial charge in [-0.05, 0) is 40.5 Å². The van der Waals surface area contributed by atoms with Crippen molar-refractivity contribution in [2.75, 3.05) is 5.32 Å². The van der Waals surface area contributed by atoms with Gasteiger partial charge < -0.3 is 5.32 Å². The maximum atomic E-state index is 4.69. The van der Waals surface area contributed by atoms with Crippen molar-refractivity contribution < 1.29 is 0 Å². The van der Waals surface area contributed by atoms with Crippen LogP contribution in [0, 0.1) is 6.92 Å². The van der Waals surface area contributed by atoms with Gasteiger partial charge in [0.25, 0.3) is 0 Å². The molecule has 19 heavy (non-hydrogen) atoms. The molecular weight excluding hydrogens is 320 g/mol. The molecular formula is C15H19BrN2S. The third kappa shape index (κ3) is 3.80. The molecule has 0 amide bonds. The third-order valence-electron chi connectivity index (χ3n) is 2.78. The summed E-state index contributed by atoms with van der Waals surface area (Å²) in [5, 5.41) is 6.76. The van der Waals surface area contributed by atoms with Gasteiger partial charge in [0.05, 0.1) is 17.2 Å². The number of hydrogen-bond acceptors (Lipinski definition) is 3. The number of thiazole rings is 1. The number of rotatable bonds is 3. The summed E-state index contributed by atoms with van der Waals surface area (Å²) in [6, 6.07) is 6.30. The first-order chi connectivity index (χ1) is 8.86. The molecule has 1 aromatic heterocycles. The van der Waals surface area contributed by atoms with E-state index in [9.17, 15) is 0 Å². The number of aryl methyl sites for hydroxylation is 1. The second kappa shape index (κ2) is 5.63. The molecule has 102 valence electrons. The lowest BCUT2D eigenvalue weighted by molar-refractivity contribution is 0.583. The highest BCUT2D eigenvalue weighted by molar-refractivity contribution is 9.10. The minimum Gasteiger partial charge on any atom is -0.378 e. The van der Waals surface area contributed by atoms with E-state index < -0.39 is 0 Å². The van der Waals surface area contributed by atoms with E-state index >= 15 is 0 Å². The SMILES string of the molecule is Cc1ccc(Br)c(NCc2csc(C(C)(C)C)n2)c1. The largest absolute Gasteiger partial charge is 0.378 e. The van der Waals surface area contributed by atoms with Crippen LogP contribution in [0.5, 0.6) is 0 Å². The normalized spacial score (nSPS) is 11.6. The fourth-order valence-corrected chi connectivity index (χ4v) is 2.99. The van der Waals surface area contributed by atoms with Crippen molar-refractivity contribution in [3.05, 3.63) is 44.3 Å². The molecule has 1 aromatic carbocycles. The lowest BCUT2D eigenvalue weighted by Crippen LogP contribution is -2.11. The Morgan fingerprint density at radius 3 is 2.68 bits per heavy atom. The Kier molecular flexibility index (Phi) is 4.31. The average molecular weight is 339 g/mol. The Bertz CT molecular complexity index is 570. The van der Waals surface area contributed by atoms with Gasteiger partial charge in [-0.1, -0.05) is 26.8 Å². The van der Waals surface area contributed by atoms with Crippen LogP contribution in [-0.4, -0.2) is 4.98 Å². The van der Waals surface area contributed by atoms with Crippen LogP contribution in [0.2, 0.25) is 0 Å². The van der Waals surface area contributed by atoms with E-state index in [2.05, 4.69) is 77.5 Å². The zero-order valence-corrected chi connectivity index (χ0v) is 14.2. The Balaban J connectivity index is 2.06. The molecule has 0 atom stereocenters. The number of nitrogens with zero attached hydrogens (tertiary/aromatic N) is 1. The number of hydrogen-bond donors (Lipinski definition) is 1. The fraction of sp³-hybridized carbons (Fsp3) is 0.400. The highest BCUT2D eigenvalue weighted by Gasteiger charge is 2.17. The molecule has 0 saturated heterocycles. The Morgan fingerprint density at radius 2 is 2.05 bits per heavy atom. The van der Waals surface area contributed by atoms with E-state index in [1.807, 2.05) is 0 Å². The van der Waals surface area contributed by atoms with Crippen LogP contribution in [0.3, 0.4) is 0 Å². The van der Waals surface area contributed by atoms with Crippen LogP contribution in [0.25, 0.3) is 0 Å². The van der Waals surface area contributed by atoms with Crippen molar-refractivity contribution in [3.63, 3.8) is 0 Å². The number of aromatic nitrogens is 1. The first-order valence-corrected chi connectivity index (χ1v) is 7.98. The molecule has 2 rings (SSSR count). The second-order valence-corrected chi connectivity index (χ2v) is 7.44. The van der Waals surface area contributed by atoms with Gasteiger partial charge in [-0.3, -0.25) is 0 Å². The van der Waals surface area contributed by atoms with Gasteiger partial charge in [0.15, 0.2) is 0 Å². The average Bonchev–Trinajstić information content (AvgIpc) is 2.79. The van der Waals surface area contributed by atoms with Gasteiger partial charge in [0.1, 0.15) is 0 Å². The van der Waals surface area contributed by atoms with Gasteiger partial charge in [-0.25, -0.2) is 4.98 Å². The third-order valence-corrected chi connectivity index (χ3v) is 4.78. The molecule has 2 aromatic rings. The van der Waals surface area contributed by atoms with Crippen molar-refractivity contribution in [2.24, 2.45) is 0 Å². The maximum Gasteiger partial charge on any atom is 0.0982 e. The molecule has 0 aliphatic heterocycles. The van der Waals surface area contributed by atoms with Crippen LogP contribution in [0.4, 0.5) is 5.69 Å². The molecule has 1 N–H and O–H groups in total. The molecule has 2 nitrogen and oxygen atoms in total. The molecule has 0 unspecified atom stereocenters. The fourth-order valence-electron chi connectivity index (χ4n) is 1.69. The predicted molar refractivity (Wildman–Crippen MR) is 87.0 cm³/mol. The highest BCUT2D eigenvalue weighted by Crippen LogP contribution is 2.27. The number of nitrogens with one attached hydrogen (secondary N) is 1. The Morgan fingerprint density at radius 1 is 1.32 bits per heavy atom. The topological polar surface area (TPSA) is 24.9 Å². The van der Waals surface area contributed by atoms with Crippen molar-refractivity contribution in [3.8, 4) is 0 Å². The summed E-state index contributed by atoms with van der Waals surface area (Å²) in [5.74, 6) is 0. The minimum absolute atomic E-state index is 0.132. The van der Waals surface area contributed by atoms with Gasteiger partial charge >= 0.3 is 0 Å². The summed E-state index contributed by atoms with van der Waals surface area (Å²) in [7, 11) is 0. The zero-order chi connectivity index (χ0) is 14.0. The standard InChI is InChI=1S/C15H19BrN2S/c1-10-5-6-12(16)13(7-10)17-8-11-9-19-14(18-11)15(2,3)4/h5-7,9,17H,8H2,1-4H3. The van der Waals surface area contributed by atoms with Crippen molar-refractivity contribution in [1.82, 2.24) is 4.98 Å². The smallest absolute Gasteiger partial charge is 0.0982 e. The molecule has 1 heterocycles. The molecule has 0 aliphatic rings. The number of benzene rings is 1. The lowest BCUT2D eigenvalue weighted by atomic mass is 9.98. The molecule has 0 fully saturated rings. The maximum absolute atomic E-state index is 4.69. The summed E-state index contributed by atoms with van der Waals surface area (Å²) >= 11 is 5.30. The second-order valence-electron chi connectivity index (χ2n) is 5.73. The lowest BCUT2D eigenvalue weighted by Gasteiger charge is -2.13. The highest BCUT2D eigenvalue weighted by atomic mass is 79.9. The molecule has 0 spiro atoms. The van der Waals surface area contributed by atoms with Gasteiger partial charge in [-0.2, -0.15) is 0 Å². The van der Waals surface area contributed by atoms with Crippen LogP contribution in [0.1, 0.15) is 37.0 Å². The number of halogens is 1. The molecule has 0 bridgehead atoms. The minimum atomic E-state index is 0.132. The monoisotopic (exact) mass is 338 g/mol. The molecule has 0 radical (unpaired) electrons. The van der Waals surface area contributed by atoms with Gasteiger partial charge in [0.2, 0.25) is 0 Å². The summed E-state index contributed by atoms with van der Waals surface area (Å²) in [6.07, 6.45) is 0. The first-order valence-electron chi connectivity index (χ1n) is 6.31. The van der Waals surface area contributed by atoms with Crippen LogP contribution >= 0.6 is 27.3 Å². The van der Waals surface area contributed by atoms with Crippen molar-refractivity contribution in [2.45, 2.75) is 39.7 Å². The van der Waals surface area contributed by atoms with E-state index in [0.29, 0.717) is 0 Å². The van der Waals surface area contributed by atoms with Crippen LogP contribution < -0.4 is 5.32 Å². The molecule has 4 heteroatoms. The molecule has 0 saturated carbocycles.